The van der Waals surface area contributed by atoms with Gasteiger partial charge in [0.1, 0.15) is 5.69 Å². The highest BCUT2D eigenvalue weighted by Crippen LogP contribution is 2.24. The molecule has 1 N–H and O–H groups in total. The van der Waals surface area contributed by atoms with Crippen LogP contribution in [0, 0.1) is 0 Å². The standard InChI is InChI=1S/C24H27ClN4O2/c1-24(2,28-12-14-31-15-13-28)17-26-23(30)21-16-29(20-10-8-19(25)9-11-20)27-22(21)18-6-4-3-5-7-18/h3-11,16H,12-15,17H2,1-2H3,(H,26,30). The molecular weight excluding hydrogens is 412 g/mol. The quantitative estimate of drug-likeness (QED) is 0.631. The molecule has 1 aromatic heterocycles. The summed E-state index contributed by atoms with van der Waals surface area (Å²) in [7, 11) is 0. The highest BCUT2D eigenvalue weighted by Gasteiger charge is 2.29. The summed E-state index contributed by atoms with van der Waals surface area (Å²) in [6.07, 6.45) is 1.78. The first-order valence-corrected chi connectivity index (χ1v) is 10.8. The van der Waals surface area contributed by atoms with Gasteiger partial charge in [0, 0.05) is 42.0 Å². The Bertz CT molecular complexity index is 1030. The average Bonchev–Trinajstić information content (AvgIpc) is 3.25. The van der Waals surface area contributed by atoms with Crippen molar-refractivity contribution in [1.29, 1.82) is 0 Å². The maximum atomic E-state index is 13.2. The molecule has 7 heteroatoms. The first kappa shape index (κ1) is 21.6. The smallest absolute Gasteiger partial charge is 0.255 e. The van der Waals surface area contributed by atoms with Gasteiger partial charge in [0.2, 0.25) is 0 Å². The Hall–Kier alpha value is -2.67. The lowest BCUT2D eigenvalue weighted by Crippen LogP contribution is -2.55. The average molecular weight is 439 g/mol. The van der Waals surface area contributed by atoms with Gasteiger partial charge < -0.3 is 10.1 Å². The zero-order valence-electron chi connectivity index (χ0n) is 17.8. The van der Waals surface area contributed by atoms with Crippen LogP contribution in [0.5, 0.6) is 0 Å². The van der Waals surface area contributed by atoms with Crippen LogP contribution in [0.25, 0.3) is 16.9 Å². The summed E-state index contributed by atoms with van der Waals surface area (Å²) in [6.45, 7) is 8.01. The molecule has 0 aliphatic carbocycles. The van der Waals surface area contributed by atoms with Gasteiger partial charge in [-0.25, -0.2) is 4.68 Å². The van der Waals surface area contributed by atoms with Crippen molar-refractivity contribution in [1.82, 2.24) is 20.0 Å². The van der Waals surface area contributed by atoms with Gasteiger partial charge in [0.05, 0.1) is 24.5 Å². The molecule has 1 saturated heterocycles. The van der Waals surface area contributed by atoms with Gasteiger partial charge in [-0.2, -0.15) is 5.10 Å². The molecular formula is C24H27ClN4O2. The van der Waals surface area contributed by atoms with Crippen molar-refractivity contribution in [2.45, 2.75) is 19.4 Å². The summed E-state index contributed by atoms with van der Waals surface area (Å²) >= 11 is 6.02. The van der Waals surface area contributed by atoms with E-state index in [9.17, 15) is 4.79 Å². The highest BCUT2D eigenvalue weighted by molar-refractivity contribution is 6.30. The van der Waals surface area contributed by atoms with Gasteiger partial charge in [-0.15, -0.1) is 0 Å². The number of amides is 1. The minimum atomic E-state index is -0.168. The Balaban J connectivity index is 1.59. The molecule has 1 amide bonds. The Morgan fingerprint density at radius 1 is 1.10 bits per heavy atom. The molecule has 0 spiro atoms. The fourth-order valence-corrected chi connectivity index (χ4v) is 3.87. The zero-order valence-corrected chi connectivity index (χ0v) is 18.6. The van der Waals surface area contributed by atoms with E-state index in [2.05, 4.69) is 24.1 Å². The Kier molecular flexibility index (Phi) is 6.41. The van der Waals surface area contributed by atoms with Crippen LogP contribution in [0.1, 0.15) is 24.2 Å². The van der Waals surface area contributed by atoms with Crippen LogP contribution >= 0.6 is 11.6 Å². The second kappa shape index (κ2) is 9.22. The van der Waals surface area contributed by atoms with Crippen molar-refractivity contribution >= 4 is 17.5 Å². The zero-order chi connectivity index (χ0) is 21.8. The Morgan fingerprint density at radius 3 is 2.45 bits per heavy atom. The second-order valence-corrected chi connectivity index (χ2v) is 8.71. The molecule has 1 aliphatic rings. The van der Waals surface area contributed by atoms with E-state index in [4.69, 9.17) is 21.4 Å². The maximum absolute atomic E-state index is 13.2. The molecule has 6 nitrogen and oxygen atoms in total. The molecule has 0 unspecified atom stereocenters. The number of carbonyl (C=O) groups is 1. The van der Waals surface area contributed by atoms with Gasteiger partial charge in [-0.05, 0) is 38.1 Å². The lowest BCUT2D eigenvalue weighted by molar-refractivity contribution is -0.00923. The number of rotatable bonds is 6. The highest BCUT2D eigenvalue weighted by atomic mass is 35.5. The van der Waals surface area contributed by atoms with Crippen LogP contribution in [0.4, 0.5) is 0 Å². The molecule has 0 atom stereocenters. The van der Waals surface area contributed by atoms with E-state index in [1.807, 2.05) is 54.6 Å². The predicted octanol–water partition coefficient (Wildman–Crippen LogP) is 4.03. The molecule has 1 fully saturated rings. The first-order chi connectivity index (χ1) is 14.9. The van der Waals surface area contributed by atoms with Crippen LogP contribution in [0.15, 0.2) is 60.8 Å². The van der Waals surface area contributed by atoms with E-state index in [0.29, 0.717) is 22.8 Å². The van der Waals surface area contributed by atoms with Crippen molar-refractivity contribution in [3.05, 3.63) is 71.4 Å². The van der Waals surface area contributed by atoms with E-state index < -0.39 is 0 Å². The second-order valence-electron chi connectivity index (χ2n) is 8.27. The number of hydrogen-bond donors (Lipinski definition) is 1. The topological polar surface area (TPSA) is 59.4 Å². The summed E-state index contributed by atoms with van der Waals surface area (Å²) in [4.78, 5) is 15.6. The first-order valence-electron chi connectivity index (χ1n) is 10.5. The maximum Gasteiger partial charge on any atom is 0.255 e. The van der Waals surface area contributed by atoms with Crippen LogP contribution in [0.2, 0.25) is 5.02 Å². The fraction of sp³-hybridized carbons (Fsp3) is 0.333. The summed E-state index contributed by atoms with van der Waals surface area (Å²) < 4.78 is 7.18. The fourth-order valence-electron chi connectivity index (χ4n) is 3.75. The molecule has 162 valence electrons. The van der Waals surface area contributed by atoms with Gasteiger partial charge >= 0.3 is 0 Å². The molecule has 4 rings (SSSR count). The van der Waals surface area contributed by atoms with E-state index in [1.165, 1.54) is 0 Å². The third kappa shape index (κ3) is 4.98. The lowest BCUT2D eigenvalue weighted by Gasteiger charge is -2.40. The molecule has 0 bridgehead atoms. The molecule has 2 aromatic carbocycles. The van der Waals surface area contributed by atoms with Crippen molar-refractivity contribution in [2.75, 3.05) is 32.8 Å². The summed E-state index contributed by atoms with van der Waals surface area (Å²) in [5.74, 6) is -0.139. The number of nitrogens with one attached hydrogen (secondary N) is 1. The van der Waals surface area contributed by atoms with Crippen molar-refractivity contribution in [3.63, 3.8) is 0 Å². The van der Waals surface area contributed by atoms with Gasteiger partial charge in [0.25, 0.3) is 5.91 Å². The summed E-state index contributed by atoms with van der Waals surface area (Å²) in [6, 6.07) is 17.1. The minimum absolute atomic E-state index is 0.139. The van der Waals surface area contributed by atoms with Gasteiger partial charge in [0.15, 0.2) is 0 Å². The number of carbonyl (C=O) groups excluding carboxylic acids is 1. The third-order valence-electron chi connectivity index (χ3n) is 5.65. The number of halogens is 1. The number of benzene rings is 2. The van der Waals surface area contributed by atoms with Crippen LogP contribution in [-0.4, -0.2) is 59.0 Å². The number of ether oxygens (including phenoxy) is 1. The molecule has 1 aliphatic heterocycles. The summed E-state index contributed by atoms with van der Waals surface area (Å²) in [5.41, 5.74) is 2.76. The number of hydrogen-bond acceptors (Lipinski definition) is 4. The van der Waals surface area contributed by atoms with Crippen molar-refractivity contribution in [2.24, 2.45) is 0 Å². The van der Waals surface area contributed by atoms with Crippen LogP contribution in [-0.2, 0) is 4.74 Å². The van der Waals surface area contributed by atoms with Crippen molar-refractivity contribution < 1.29 is 9.53 Å². The van der Waals surface area contributed by atoms with Gasteiger partial charge in [-0.1, -0.05) is 41.9 Å². The van der Waals surface area contributed by atoms with Crippen LogP contribution < -0.4 is 5.32 Å². The predicted molar refractivity (Wildman–Crippen MR) is 123 cm³/mol. The largest absolute Gasteiger partial charge is 0.379 e. The molecule has 31 heavy (non-hydrogen) atoms. The van der Waals surface area contributed by atoms with Gasteiger partial charge in [-0.3, -0.25) is 9.69 Å². The number of aromatic nitrogens is 2. The van der Waals surface area contributed by atoms with E-state index >= 15 is 0 Å². The number of morpholine rings is 1. The third-order valence-corrected chi connectivity index (χ3v) is 5.90. The van der Waals surface area contributed by atoms with Crippen LogP contribution in [0.3, 0.4) is 0 Å². The SMILES string of the molecule is CC(C)(CNC(=O)c1cn(-c2ccc(Cl)cc2)nc1-c1ccccc1)N1CCOCC1. The van der Waals surface area contributed by atoms with E-state index in [1.54, 1.807) is 10.9 Å². The monoisotopic (exact) mass is 438 g/mol. The van der Waals surface area contributed by atoms with E-state index in [-0.39, 0.29) is 11.4 Å². The number of nitrogens with zero attached hydrogens (tertiary/aromatic N) is 3. The molecule has 0 radical (unpaired) electrons. The lowest BCUT2D eigenvalue weighted by atomic mass is 10.0. The minimum Gasteiger partial charge on any atom is -0.379 e. The molecule has 3 aromatic rings. The Morgan fingerprint density at radius 2 is 1.77 bits per heavy atom. The molecule has 0 saturated carbocycles. The normalized spacial score (nSPS) is 15.1. The summed E-state index contributed by atoms with van der Waals surface area (Å²) in [5, 5.41) is 8.50. The Labute approximate surface area is 187 Å². The van der Waals surface area contributed by atoms with Crippen molar-refractivity contribution in [3.8, 4) is 16.9 Å². The molecule has 2 heterocycles. The van der Waals surface area contributed by atoms with E-state index in [0.717, 1.165) is 37.6 Å².